The molecular weight excluding hydrogens is 611 g/mol. The van der Waals surface area contributed by atoms with Crippen molar-refractivity contribution in [3.8, 4) is 0 Å². The third-order valence-corrected chi connectivity index (χ3v) is 4.80. The summed E-state index contributed by atoms with van der Waals surface area (Å²) in [4.78, 5) is 35.3. The van der Waals surface area contributed by atoms with E-state index in [1.54, 1.807) is 13.8 Å². The lowest BCUT2D eigenvalue weighted by atomic mass is 10.0. The topological polar surface area (TPSA) is 125 Å². The number of ether oxygens (including phenoxy) is 2. The summed E-state index contributed by atoms with van der Waals surface area (Å²) in [6.45, 7) is 6.74. The molecule has 0 bridgehead atoms. The molecular formula is C25H25Cl2F6NO7. The Bertz CT molecular complexity index is 1190. The number of carbonyl (C=O) groups excluding carboxylic acids is 3. The molecule has 228 valence electrons. The highest BCUT2D eigenvalue weighted by molar-refractivity contribution is 6.31. The highest BCUT2D eigenvalue weighted by Crippen LogP contribution is 2.34. The third-order valence-electron chi connectivity index (χ3n) is 4.36. The summed E-state index contributed by atoms with van der Waals surface area (Å²) < 4.78 is 83.2. The monoisotopic (exact) mass is 635 g/mol. The van der Waals surface area contributed by atoms with Gasteiger partial charge in [-0.25, -0.2) is 10.1 Å². The number of rotatable bonds is 8. The minimum atomic E-state index is -4.51. The van der Waals surface area contributed by atoms with Crippen LogP contribution in [-0.2, 0) is 36.3 Å². The Morgan fingerprint density at radius 1 is 0.927 bits per heavy atom. The largest absolute Gasteiger partial charge is 0.466 e. The fourth-order valence-electron chi connectivity index (χ4n) is 2.60. The van der Waals surface area contributed by atoms with Crippen LogP contribution in [0.25, 0.3) is 0 Å². The van der Waals surface area contributed by atoms with E-state index in [2.05, 4.69) is 20.9 Å². The lowest BCUT2D eigenvalue weighted by molar-refractivity contribution is -0.211. The summed E-state index contributed by atoms with van der Waals surface area (Å²) in [5, 5.41) is 7.65. The number of hydrogen-bond donors (Lipinski definition) is 2. The van der Waals surface area contributed by atoms with Gasteiger partial charge < -0.3 is 20.1 Å². The summed E-state index contributed by atoms with van der Waals surface area (Å²) in [7, 11) is 0. The van der Waals surface area contributed by atoms with Gasteiger partial charge in [0, 0.05) is 21.7 Å². The molecule has 0 aliphatic rings. The van der Waals surface area contributed by atoms with Crippen molar-refractivity contribution in [3.05, 3.63) is 81.0 Å². The zero-order valence-electron chi connectivity index (χ0n) is 21.4. The van der Waals surface area contributed by atoms with E-state index in [0.717, 1.165) is 24.3 Å². The lowest BCUT2D eigenvalue weighted by Gasteiger charge is -2.14. The van der Waals surface area contributed by atoms with Crippen molar-refractivity contribution in [1.29, 1.82) is 0 Å². The second kappa shape index (κ2) is 17.5. The lowest BCUT2D eigenvalue weighted by Crippen LogP contribution is -2.18. The molecule has 0 saturated heterocycles. The average Bonchev–Trinajstić information content (AvgIpc) is 2.87. The molecule has 0 fully saturated rings. The summed E-state index contributed by atoms with van der Waals surface area (Å²) in [6.07, 6.45) is -8.86. The number of esters is 2. The molecule has 0 aliphatic heterocycles. The molecule has 0 amide bonds. The summed E-state index contributed by atoms with van der Waals surface area (Å²) in [5.41, 5.74) is 3.93. The molecule has 8 nitrogen and oxygen atoms in total. The first-order valence-electron chi connectivity index (χ1n) is 11.2. The van der Waals surface area contributed by atoms with E-state index < -0.39 is 47.2 Å². The first kappa shape index (κ1) is 37.7. The predicted molar refractivity (Wildman–Crippen MR) is 136 cm³/mol. The SMILES string of the molecule is C=C(OO)C(=O)OCC.CCOC(=O)CC(N)c1cc(Cl)cc(C(F)(F)F)c1.O=Cc1cc(Cl)cc(C(F)(F)F)c1. The minimum Gasteiger partial charge on any atom is -0.466 e. The summed E-state index contributed by atoms with van der Waals surface area (Å²) >= 11 is 11.0. The first-order valence-corrected chi connectivity index (χ1v) is 11.9. The van der Waals surface area contributed by atoms with Crippen LogP contribution in [0.15, 0.2) is 48.7 Å². The van der Waals surface area contributed by atoms with Crippen LogP contribution in [0.2, 0.25) is 10.0 Å². The molecule has 0 spiro atoms. The molecule has 0 heterocycles. The number of carbonyl (C=O) groups is 3. The fourth-order valence-corrected chi connectivity index (χ4v) is 3.09. The van der Waals surface area contributed by atoms with Gasteiger partial charge in [0.25, 0.3) is 0 Å². The quantitative estimate of drug-likeness (QED) is 0.0602. The molecule has 1 atom stereocenters. The number of aldehydes is 1. The van der Waals surface area contributed by atoms with Crippen LogP contribution in [0, 0.1) is 0 Å². The van der Waals surface area contributed by atoms with Gasteiger partial charge in [0.05, 0.1) is 30.8 Å². The van der Waals surface area contributed by atoms with Gasteiger partial charge in [-0.1, -0.05) is 23.2 Å². The Hall–Kier alpha value is -3.33. The molecule has 16 heteroatoms. The van der Waals surface area contributed by atoms with Crippen molar-refractivity contribution < 1.29 is 60.3 Å². The molecule has 41 heavy (non-hydrogen) atoms. The molecule has 1 unspecified atom stereocenters. The zero-order chi connectivity index (χ0) is 32.0. The predicted octanol–water partition coefficient (Wildman–Crippen LogP) is 7.04. The third kappa shape index (κ3) is 14.7. The number of nitrogens with two attached hydrogens (primary N) is 1. The van der Waals surface area contributed by atoms with Gasteiger partial charge in [0.2, 0.25) is 5.76 Å². The number of benzene rings is 2. The van der Waals surface area contributed by atoms with Gasteiger partial charge in [0.1, 0.15) is 6.29 Å². The smallest absolute Gasteiger partial charge is 0.416 e. The van der Waals surface area contributed by atoms with Crippen molar-refractivity contribution in [1.82, 2.24) is 0 Å². The zero-order valence-corrected chi connectivity index (χ0v) is 23.0. The number of alkyl halides is 6. The summed E-state index contributed by atoms with van der Waals surface area (Å²) in [5.74, 6) is -1.72. The van der Waals surface area contributed by atoms with Crippen LogP contribution in [-0.4, -0.2) is 36.7 Å². The van der Waals surface area contributed by atoms with E-state index in [4.69, 9.17) is 34.2 Å². The van der Waals surface area contributed by atoms with Gasteiger partial charge in [-0.15, -0.1) is 0 Å². The van der Waals surface area contributed by atoms with Crippen molar-refractivity contribution >= 4 is 41.4 Å². The van der Waals surface area contributed by atoms with Crippen LogP contribution < -0.4 is 5.73 Å². The molecule has 0 radical (unpaired) electrons. The van der Waals surface area contributed by atoms with Crippen molar-refractivity contribution in [2.75, 3.05) is 13.2 Å². The second-order valence-electron chi connectivity index (χ2n) is 7.51. The van der Waals surface area contributed by atoms with Gasteiger partial charge in [-0.05, 0) is 62.4 Å². The van der Waals surface area contributed by atoms with E-state index in [9.17, 15) is 40.7 Å². The Labute approximate surface area is 240 Å². The molecule has 0 aromatic heterocycles. The standard InChI is InChI=1S/C12H13ClF3NO2.C8H4ClF3O.C5H8O4/c1-2-19-11(18)6-10(17)7-3-8(12(14,15)16)5-9(13)4-7;9-7-2-5(4-13)1-6(3-7)8(10,11)12;1-3-8-5(6)4(2)9-7/h3-5,10H,2,6,17H2,1H3;1-4H;7H,2-3H2,1H3. The van der Waals surface area contributed by atoms with Crippen molar-refractivity contribution in [2.24, 2.45) is 5.73 Å². The van der Waals surface area contributed by atoms with Crippen molar-refractivity contribution in [3.63, 3.8) is 0 Å². The van der Waals surface area contributed by atoms with Crippen LogP contribution in [0.3, 0.4) is 0 Å². The number of hydrogen-bond acceptors (Lipinski definition) is 8. The average molecular weight is 636 g/mol. The van der Waals surface area contributed by atoms with E-state index in [1.807, 2.05) is 0 Å². The maximum Gasteiger partial charge on any atom is 0.416 e. The Morgan fingerprint density at radius 2 is 1.41 bits per heavy atom. The van der Waals surface area contributed by atoms with Gasteiger partial charge in [-0.2, -0.15) is 26.3 Å². The minimum absolute atomic E-state index is 0.0795. The van der Waals surface area contributed by atoms with Gasteiger partial charge in [0.15, 0.2) is 0 Å². The normalized spacial score (nSPS) is 11.5. The highest BCUT2D eigenvalue weighted by atomic mass is 35.5. The van der Waals surface area contributed by atoms with Crippen LogP contribution >= 0.6 is 23.2 Å². The molecule has 2 rings (SSSR count). The van der Waals surface area contributed by atoms with E-state index in [-0.39, 0.29) is 40.8 Å². The number of halogens is 8. The van der Waals surface area contributed by atoms with E-state index in [1.165, 1.54) is 12.1 Å². The maximum atomic E-state index is 12.6. The Kier molecular flexibility index (Phi) is 16.1. The molecule has 3 N–H and O–H groups in total. The highest BCUT2D eigenvalue weighted by Gasteiger charge is 2.32. The maximum absolute atomic E-state index is 12.6. The van der Waals surface area contributed by atoms with Gasteiger partial charge >= 0.3 is 24.3 Å². The van der Waals surface area contributed by atoms with E-state index >= 15 is 0 Å². The van der Waals surface area contributed by atoms with Gasteiger partial charge in [-0.3, -0.25) is 9.59 Å². The second-order valence-corrected chi connectivity index (χ2v) is 8.38. The Morgan fingerprint density at radius 3 is 1.85 bits per heavy atom. The van der Waals surface area contributed by atoms with Crippen LogP contribution in [0.4, 0.5) is 26.3 Å². The van der Waals surface area contributed by atoms with Crippen LogP contribution in [0.5, 0.6) is 0 Å². The molecule has 0 saturated carbocycles. The van der Waals surface area contributed by atoms with Crippen LogP contribution in [0.1, 0.15) is 53.4 Å². The summed E-state index contributed by atoms with van der Waals surface area (Å²) in [6, 6.07) is 4.80. The van der Waals surface area contributed by atoms with E-state index in [0.29, 0.717) is 6.29 Å². The van der Waals surface area contributed by atoms with Crippen molar-refractivity contribution in [2.45, 2.75) is 38.7 Å². The molecule has 2 aromatic rings. The Balaban J connectivity index is 0.000000631. The molecule has 0 aliphatic carbocycles. The first-order chi connectivity index (χ1) is 18.9. The molecule has 2 aromatic carbocycles. The fraction of sp³-hybridized carbons (Fsp3) is 0.320.